The largest absolute Gasteiger partial charge is 0.497 e. The van der Waals surface area contributed by atoms with Crippen LogP contribution in [-0.2, 0) is 6.54 Å². The molecule has 3 rings (SSSR count). The van der Waals surface area contributed by atoms with Gasteiger partial charge in [0.15, 0.2) is 0 Å². The van der Waals surface area contributed by atoms with E-state index in [1.54, 1.807) is 7.11 Å². The Morgan fingerprint density at radius 1 is 1.47 bits per heavy atom. The number of rotatable bonds is 4. The lowest BCUT2D eigenvalue weighted by Crippen LogP contribution is -2.15. The van der Waals surface area contributed by atoms with Gasteiger partial charge in [0.2, 0.25) is 0 Å². The van der Waals surface area contributed by atoms with Crippen molar-refractivity contribution in [2.45, 2.75) is 25.4 Å². The standard InChI is InChI=1S/C13H15BrN2O/c1-17-9-4-5-10-11(6-9)16-12(13(10)14)7-15-8-2-3-8/h4-6,8,15-16H,2-3,7H2,1H3. The molecule has 1 aromatic carbocycles. The van der Waals surface area contributed by atoms with E-state index in [4.69, 9.17) is 4.74 Å². The maximum Gasteiger partial charge on any atom is 0.120 e. The topological polar surface area (TPSA) is 37.0 Å². The highest BCUT2D eigenvalue weighted by Gasteiger charge is 2.21. The van der Waals surface area contributed by atoms with Gasteiger partial charge < -0.3 is 15.0 Å². The van der Waals surface area contributed by atoms with Crippen LogP contribution in [0.5, 0.6) is 5.75 Å². The van der Waals surface area contributed by atoms with Crippen LogP contribution >= 0.6 is 15.9 Å². The monoisotopic (exact) mass is 294 g/mol. The number of aromatic nitrogens is 1. The number of aromatic amines is 1. The predicted molar refractivity (Wildman–Crippen MR) is 72.4 cm³/mol. The van der Waals surface area contributed by atoms with Crippen molar-refractivity contribution in [2.75, 3.05) is 7.11 Å². The highest BCUT2D eigenvalue weighted by molar-refractivity contribution is 9.10. The van der Waals surface area contributed by atoms with Crippen molar-refractivity contribution >= 4 is 26.8 Å². The van der Waals surface area contributed by atoms with Crippen LogP contribution in [0.3, 0.4) is 0 Å². The van der Waals surface area contributed by atoms with E-state index in [0.717, 1.165) is 28.3 Å². The Morgan fingerprint density at radius 2 is 2.29 bits per heavy atom. The number of halogens is 1. The Labute approximate surface area is 109 Å². The molecule has 1 aromatic heterocycles. The molecular weight excluding hydrogens is 280 g/mol. The summed E-state index contributed by atoms with van der Waals surface area (Å²) in [5.74, 6) is 0.882. The van der Waals surface area contributed by atoms with Crippen molar-refractivity contribution in [3.05, 3.63) is 28.4 Å². The van der Waals surface area contributed by atoms with Crippen molar-refractivity contribution < 1.29 is 4.74 Å². The Bertz CT molecular complexity index is 546. The molecular formula is C13H15BrN2O. The fourth-order valence-corrected chi connectivity index (χ4v) is 2.57. The van der Waals surface area contributed by atoms with Gasteiger partial charge in [-0.2, -0.15) is 0 Å². The average molecular weight is 295 g/mol. The quantitative estimate of drug-likeness (QED) is 0.909. The number of fused-ring (bicyclic) bond motifs is 1. The van der Waals surface area contributed by atoms with E-state index in [1.807, 2.05) is 12.1 Å². The fourth-order valence-electron chi connectivity index (χ4n) is 1.98. The summed E-state index contributed by atoms with van der Waals surface area (Å²) in [6, 6.07) is 6.82. The number of hydrogen-bond acceptors (Lipinski definition) is 2. The molecule has 0 atom stereocenters. The molecule has 1 heterocycles. The lowest BCUT2D eigenvalue weighted by Gasteiger charge is -2.00. The molecule has 1 saturated carbocycles. The minimum atomic E-state index is 0.725. The summed E-state index contributed by atoms with van der Waals surface area (Å²) in [4.78, 5) is 3.43. The molecule has 2 aromatic rings. The zero-order chi connectivity index (χ0) is 11.8. The molecule has 90 valence electrons. The first kappa shape index (κ1) is 11.1. The molecule has 0 amide bonds. The second kappa shape index (κ2) is 4.35. The van der Waals surface area contributed by atoms with Gasteiger partial charge in [-0.05, 0) is 40.9 Å². The summed E-state index contributed by atoms with van der Waals surface area (Å²) in [6.07, 6.45) is 2.62. The summed E-state index contributed by atoms with van der Waals surface area (Å²) < 4.78 is 6.38. The maximum atomic E-state index is 5.23. The molecule has 3 nitrogen and oxygen atoms in total. The highest BCUT2D eigenvalue weighted by Crippen LogP contribution is 2.31. The van der Waals surface area contributed by atoms with E-state index in [1.165, 1.54) is 23.9 Å². The van der Waals surface area contributed by atoms with Gasteiger partial charge in [0.1, 0.15) is 5.75 Å². The molecule has 1 aliphatic rings. The summed E-state index contributed by atoms with van der Waals surface area (Å²) in [7, 11) is 1.69. The summed E-state index contributed by atoms with van der Waals surface area (Å²) in [6.45, 7) is 0.891. The van der Waals surface area contributed by atoms with Crippen molar-refractivity contribution in [1.29, 1.82) is 0 Å². The molecule has 0 saturated heterocycles. The normalized spacial score (nSPS) is 15.4. The fraction of sp³-hybridized carbons (Fsp3) is 0.385. The number of ether oxygens (including phenoxy) is 1. The smallest absolute Gasteiger partial charge is 0.120 e. The molecule has 1 aliphatic carbocycles. The summed E-state index contributed by atoms with van der Waals surface area (Å²) >= 11 is 3.66. The lowest BCUT2D eigenvalue weighted by molar-refractivity contribution is 0.415. The number of nitrogens with one attached hydrogen (secondary N) is 2. The number of benzene rings is 1. The van der Waals surface area contributed by atoms with E-state index < -0.39 is 0 Å². The van der Waals surface area contributed by atoms with Crippen molar-refractivity contribution in [1.82, 2.24) is 10.3 Å². The Hall–Kier alpha value is -1.00. The molecule has 17 heavy (non-hydrogen) atoms. The van der Waals surface area contributed by atoms with Gasteiger partial charge in [-0.25, -0.2) is 0 Å². The van der Waals surface area contributed by atoms with E-state index in [9.17, 15) is 0 Å². The van der Waals surface area contributed by atoms with E-state index in [0.29, 0.717) is 0 Å². The third kappa shape index (κ3) is 2.19. The first-order valence-electron chi connectivity index (χ1n) is 5.85. The van der Waals surface area contributed by atoms with Crippen LogP contribution in [0.4, 0.5) is 0 Å². The minimum Gasteiger partial charge on any atom is -0.497 e. The van der Waals surface area contributed by atoms with Gasteiger partial charge in [0, 0.05) is 34.2 Å². The molecule has 2 N–H and O–H groups in total. The van der Waals surface area contributed by atoms with Crippen LogP contribution in [0.1, 0.15) is 18.5 Å². The second-order valence-corrected chi connectivity index (χ2v) is 5.28. The first-order chi connectivity index (χ1) is 8.28. The van der Waals surface area contributed by atoms with Gasteiger partial charge in [-0.15, -0.1) is 0 Å². The van der Waals surface area contributed by atoms with Crippen molar-refractivity contribution in [3.63, 3.8) is 0 Å². The molecule has 0 spiro atoms. The van der Waals surface area contributed by atoms with Gasteiger partial charge in [0.25, 0.3) is 0 Å². The molecule has 0 radical (unpaired) electrons. The van der Waals surface area contributed by atoms with Crippen molar-refractivity contribution in [3.8, 4) is 5.75 Å². The van der Waals surface area contributed by atoms with Gasteiger partial charge in [0.05, 0.1) is 12.6 Å². The Balaban J connectivity index is 1.92. The average Bonchev–Trinajstić information content (AvgIpc) is 3.12. The van der Waals surface area contributed by atoms with E-state index >= 15 is 0 Å². The predicted octanol–water partition coefficient (Wildman–Crippen LogP) is 3.19. The lowest BCUT2D eigenvalue weighted by atomic mass is 10.2. The Kier molecular flexibility index (Phi) is 2.84. The third-order valence-electron chi connectivity index (χ3n) is 3.16. The first-order valence-corrected chi connectivity index (χ1v) is 6.64. The maximum absolute atomic E-state index is 5.23. The molecule has 0 unspecified atom stereocenters. The number of hydrogen-bond donors (Lipinski definition) is 2. The second-order valence-electron chi connectivity index (χ2n) is 4.48. The molecule has 4 heteroatoms. The van der Waals surface area contributed by atoms with Crippen LogP contribution in [0.15, 0.2) is 22.7 Å². The number of H-pyrrole nitrogens is 1. The molecule has 0 aliphatic heterocycles. The van der Waals surface area contributed by atoms with Crippen molar-refractivity contribution in [2.24, 2.45) is 0 Å². The van der Waals surface area contributed by atoms with E-state index in [2.05, 4.69) is 32.3 Å². The molecule has 0 bridgehead atoms. The van der Waals surface area contributed by atoms with Gasteiger partial charge in [-0.3, -0.25) is 0 Å². The van der Waals surface area contributed by atoms with E-state index in [-0.39, 0.29) is 0 Å². The third-order valence-corrected chi connectivity index (χ3v) is 4.06. The SMILES string of the molecule is COc1ccc2c(Br)c(CNC3CC3)[nH]c2c1. The van der Waals surface area contributed by atoms with Crippen LogP contribution in [0.25, 0.3) is 10.9 Å². The van der Waals surface area contributed by atoms with Gasteiger partial charge >= 0.3 is 0 Å². The van der Waals surface area contributed by atoms with Crippen LogP contribution in [-0.4, -0.2) is 18.1 Å². The van der Waals surface area contributed by atoms with Gasteiger partial charge in [-0.1, -0.05) is 0 Å². The highest BCUT2D eigenvalue weighted by atomic mass is 79.9. The summed E-state index contributed by atoms with van der Waals surface area (Å²) in [5, 5.41) is 4.72. The number of methoxy groups -OCH3 is 1. The zero-order valence-electron chi connectivity index (χ0n) is 9.72. The van der Waals surface area contributed by atoms with Crippen LogP contribution < -0.4 is 10.1 Å². The summed E-state index contributed by atoms with van der Waals surface area (Å²) in [5.41, 5.74) is 2.32. The zero-order valence-corrected chi connectivity index (χ0v) is 11.3. The Morgan fingerprint density at radius 3 is 3.00 bits per heavy atom. The minimum absolute atomic E-state index is 0.725. The van der Waals surface area contributed by atoms with Crippen LogP contribution in [0, 0.1) is 0 Å². The molecule has 1 fully saturated rings. The van der Waals surface area contributed by atoms with Crippen LogP contribution in [0.2, 0.25) is 0 Å².